The first-order valence-corrected chi connectivity index (χ1v) is 6.65. The van der Waals surface area contributed by atoms with Crippen molar-refractivity contribution in [3.8, 4) is 5.75 Å². The molecular formula is C16H15BrO. The minimum atomic E-state index is 0.585. The Kier molecular flexibility index (Phi) is 4.59. The summed E-state index contributed by atoms with van der Waals surface area (Å²) in [5.41, 5.74) is 2.33. The van der Waals surface area contributed by atoms with Crippen LogP contribution < -0.4 is 4.74 Å². The molecule has 2 aromatic rings. The van der Waals surface area contributed by atoms with Gasteiger partial charge in [-0.3, -0.25) is 0 Å². The third kappa shape index (κ3) is 3.47. The molecule has 0 unspecified atom stereocenters. The molecule has 0 aromatic heterocycles. The molecule has 92 valence electrons. The van der Waals surface area contributed by atoms with Gasteiger partial charge in [-0.25, -0.2) is 0 Å². The molecule has 0 radical (unpaired) electrons. The fraction of sp³-hybridized carbons (Fsp3) is 0.125. The van der Waals surface area contributed by atoms with Gasteiger partial charge in [0.2, 0.25) is 0 Å². The Balaban J connectivity index is 2.05. The van der Waals surface area contributed by atoms with Gasteiger partial charge in [0.25, 0.3) is 0 Å². The number of halogens is 1. The van der Waals surface area contributed by atoms with E-state index in [4.69, 9.17) is 4.74 Å². The molecule has 0 fully saturated rings. The molecule has 2 heteroatoms. The summed E-state index contributed by atoms with van der Waals surface area (Å²) in [5, 5.41) is 0. The molecule has 0 atom stereocenters. The van der Waals surface area contributed by atoms with Crippen LogP contribution in [0, 0.1) is 0 Å². The van der Waals surface area contributed by atoms with Crippen molar-refractivity contribution >= 4 is 15.9 Å². The lowest BCUT2D eigenvalue weighted by Crippen LogP contribution is -1.98. The predicted octanol–water partition coefficient (Wildman–Crippen LogP) is 4.76. The molecule has 1 nitrogen and oxygen atoms in total. The number of hydrogen-bond donors (Lipinski definition) is 0. The summed E-state index contributed by atoms with van der Waals surface area (Å²) < 4.78 is 6.93. The minimum absolute atomic E-state index is 0.585. The Morgan fingerprint density at radius 3 is 2.50 bits per heavy atom. The van der Waals surface area contributed by atoms with E-state index >= 15 is 0 Å². The van der Waals surface area contributed by atoms with Crippen molar-refractivity contribution in [3.05, 3.63) is 76.8 Å². The minimum Gasteiger partial charge on any atom is -0.489 e. The van der Waals surface area contributed by atoms with Crippen LogP contribution in [0.15, 0.2) is 65.7 Å². The van der Waals surface area contributed by atoms with Crippen LogP contribution in [0.5, 0.6) is 5.75 Å². The summed E-state index contributed by atoms with van der Waals surface area (Å²) in [4.78, 5) is 0. The average Bonchev–Trinajstić information content (AvgIpc) is 2.40. The van der Waals surface area contributed by atoms with Gasteiger partial charge in [0, 0.05) is 4.47 Å². The molecule has 0 saturated carbocycles. The first kappa shape index (κ1) is 12.9. The molecule has 0 aliphatic rings. The fourth-order valence-electron chi connectivity index (χ4n) is 1.71. The Labute approximate surface area is 116 Å². The lowest BCUT2D eigenvalue weighted by atomic mass is 10.1. The maximum atomic E-state index is 5.85. The lowest BCUT2D eigenvalue weighted by Gasteiger charge is -2.10. The Bertz CT molecular complexity index is 517. The van der Waals surface area contributed by atoms with Crippen molar-refractivity contribution in [2.24, 2.45) is 0 Å². The van der Waals surface area contributed by atoms with Crippen LogP contribution in [0.4, 0.5) is 0 Å². The largest absolute Gasteiger partial charge is 0.489 e. The molecule has 0 saturated heterocycles. The molecule has 0 bridgehead atoms. The molecule has 2 rings (SSSR count). The summed E-state index contributed by atoms with van der Waals surface area (Å²) in [6, 6.07) is 16.2. The molecular weight excluding hydrogens is 288 g/mol. The van der Waals surface area contributed by atoms with Crippen molar-refractivity contribution in [1.82, 2.24) is 0 Å². The SMILES string of the molecule is C=CCc1ccccc1OCc1ccc(Br)cc1. The smallest absolute Gasteiger partial charge is 0.123 e. The highest BCUT2D eigenvalue weighted by Crippen LogP contribution is 2.20. The highest BCUT2D eigenvalue weighted by atomic mass is 79.9. The maximum Gasteiger partial charge on any atom is 0.123 e. The van der Waals surface area contributed by atoms with Crippen molar-refractivity contribution in [1.29, 1.82) is 0 Å². The molecule has 0 N–H and O–H groups in total. The van der Waals surface area contributed by atoms with Gasteiger partial charge in [-0.1, -0.05) is 52.3 Å². The monoisotopic (exact) mass is 302 g/mol. The van der Waals surface area contributed by atoms with E-state index in [0.717, 1.165) is 22.2 Å². The van der Waals surface area contributed by atoms with Crippen molar-refractivity contribution < 1.29 is 4.74 Å². The van der Waals surface area contributed by atoms with E-state index in [9.17, 15) is 0 Å². The number of para-hydroxylation sites is 1. The summed E-state index contributed by atoms with van der Waals surface area (Å²) in [5.74, 6) is 0.931. The number of hydrogen-bond acceptors (Lipinski definition) is 1. The van der Waals surface area contributed by atoms with Crippen LogP contribution in [0.3, 0.4) is 0 Å². The van der Waals surface area contributed by atoms with Gasteiger partial charge < -0.3 is 4.74 Å². The number of allylic oxidation sites excluding steroid dienone is 1. The second kappa shape index (κ2) is 6.41. The van der Waals surface area contributed by atoms with Gasteiger partial charge in [0.15, 0.2) is 0 Å². The Morgan fingerprint density at radius 1 is 1.06 bits per heavy atom. The molecule has 0 amide bonds. The van der Waals surface area contributed by atoms with E-state index in [2.05, 4.69) is 40.7 Å². The van der Waals surface area contributed by atoms with E-state index in [1.807, 2.05) is 36.4 Å². The second-order valence-electron chi connectivity index (χ2n) is 4.02. The van der Waals surface area contributed by atoms with Gasteiger partial charge in [-0.05, 0) is 35.7 Å². The topological polar surface area (TPSA) is 9.23 Å². The van der Waals surface area contributed by atoms with Crippen LogP contribution in [-0.2, 0) is 13.0 Å². The number of rotatable bonds is 5. The molecule has 0 aliphatic heterocycles. The van der Waals surface area contributed by atoms with Gasteiger partial charge in [0.1, 0.15) is 12.4 Å². The summed E-state index contributed by atoms with van der Waals surface area (Å²) in [7, 11) is 0. The zero-order chi connectivity index (χ0) is 12.8. The van der Waals surface area contributed by atoms with E-state index in [0.29, 0.717) is 6.61 Å². The van der Waals surface area contributed by atoms with Crippen LogP contribution >= 0.6 is 15.9 Å². The fourth-order valence-corrected chi connectivity index (χ4v) is 1.97. The van der Waals surface area contributed by atoms with E-state index in [-0.39, 0.29) is 0 Å². The van der Waals surface area contributed by atoms with Crippen molar-refractivity contribution in [2.75, 3.05) is 0 Å². The maximum absolute atomic E-state index is 5.85. The van der Waals surface area contributed by atoms with Gasteiger partial charge in [-0.2, -0.15) is 0 Å². The average molecular weight is 303 g/mol. The third-order valence-corrected chi connectivity index (χ3v) is 3.17. The van der Waals surface area contributed by atoms with Crippen LogP contribution in [0.2, 0.25) is 0 Å². The van der Waals surface area contributed by atoms with Gasteiger partial charge in [-0.15, -0.1) is 6.58 Å². The van der Waals surface area contributed by atoms with Crippen LogP contribution in [0.1, 0.15) is 11.1 Å². The van der Waals surface area contributed by atoms with Crippen molar-refractivity contribution in [3.63, 3.8) is 0 Å². The Hall–Kier alpha value is -1.54. The van der Waals surface area contributed by atoms with Crippen molar-refractivity contribution in [2.45, 2.75) is 13.0 Å². The normalized spacial score (nSPS) is 10.1. The summed E-state index contributed by atoms with van der Waals surface area (Å²) in [6.07, 6.45) is 2.72. The van der Waals surface area contributed by atoms with E-state index in [1.165, 1.54) is 5.56 Å². The lowest BCUT2D eigenvalue weighted by molar-refractivity contribution is 0.303. The zero-order valence-electron chi connectivity index (χ0n) is 10.1. The summed E-state index contributed by atoms with van der Waals surface area (Å²) >= 11 is 3.42. The van der Waals surface area contributed by atoms with Crippen LogP contribution in [0.25, 0.3) is 0 Å². The molecule has 2 aromatic carbocycles. The second-order valence-corrected chi connectivity index (χ2v) is 4.93. The Morgan fingerprint density at radius 2 is 1.78 bits per heavy atom. The van der Waals surface area contributed by atoms with Gasteiger partial charge in [0.05, 0.1) is 0 Å². The number of ether oxygens (including phenoxy) is 1. The quantitative estimate of drug-likeness (QED) is 0.724. The molecule has 0 spiro atoms. The highest BCUT2D eigenvalue weighted by molar-refractivity contribution is 9.10. The first-order valence-electron chi connectivity index (χ1n) is 5.85. The number of benzene rings is 2. The third-order valence-electron chi connectivity index (χ3n) is 2.64. The summed E-state index contributed by atoms with van der Waals surface area (Å²) in [6.45, 7) is 4.35. The zero-order valence-corrected chi connectivity index (χ0v) is 11.7. The van der Waals surface area contributed by atoms with E-state index in [1.54, 1.807) is 0 Å². The molecule has 0 aliphatic carbocycles. The standard InChI is InChI=1S/C16H15BrO/c1-2-5-14-6-3-4-7-16(14)18-12-13-8-10-15(17)11-9-13/h2-4,6-11H,1,5,12H2. The first-order chi connectivity index (χ1) is 8.79. The molecule has 18 heavy (non-hydrogen) atoms. The van der Waals surface area contributed by atoms with E-state index < -0.39 is 0 Å². The predicted molar refractivity (Wildman–Crippen MR) is 78.8 cm³/mol. The molecule has 0 heterocycles. The van der Waals surface area contributed by atoms with Crippen LogP contribution in [-0.4, -0.2) is 0 Å². The highest BCUT2D eigenvalue weighted by Gasteiger charge is 2.01. The van der Waals surface area contributed by atoms with Gasteiger partial charge >= 0.3 is 0 Å².